The highest BCUT2D eigenvalue weighted by atomic mass is 79.9. The average molecular weight is 333 g/mol. The quantitative estimate of drug-likeness (QED) is 0.596. The number of hydrogen-bond acceptors (Lipinski definition) is 3. The summed E-state index contributed by atoms with van der Waals surface area (Å²) in [4.78, 5) is 0. The van der Waals surface area contributed by atoms with Crippen molar-refractivity contribution in [2.45, 2.75) is 39.3 Å². The van der Waals surface area contributed by atoms with E-state index >= 15 is 0 Å². The second-order valence-corrected chi connectivity index (χ2v) is 5.74. The molecular formula is C14H22BrFN2O. The number of ether oxygens (including phenoxy) is 1. The first-order valence-corrected chi connectivity index (χ1v) is 7.30. The van der Waals surface area contributed by atoms with Crippen LogP contribution in [0.2, 0.25) is 0 Å². The summed E-state index contributed by atoms with van der Waals surface area (Å²) < 4.78 is 19.4. The zero-order chi connectivity index (χ0) is 14.4. The predicted octanol–water partition coefficient (Wildman–Crippen LogP) is 3.02. The first kappa shape index (κ1) is 16.6. The van der Waals surface area contributed by atoms with Gasteiger partial charge in [0.2, 0.25) is 0 Å². The molecule has 0 spiro atoms. The summed E-state index contributed by atoms with van der Waals surface area (Å²) in [6.45, 7) is 6.82. The maximum absolute atomic E-state index is 13.2. The molecule has 2 atom stereocenters. The zero-order valence-electron chi connectivity index (χ0n) is 11.6. The molecule has 5 heteroatoms. The van der Waals surface area contributed by atoms with Gasteiger partial charge in [0.05, 0.1) is 16.6 Å². The Morgan fingerprint density at radius 1 is 1.42 bits per heavy atom. The minimum Gasteiger partial charge on any atom is -0.377 e. The van der Waals surface area contributed by atoms with E-state index in [9.17, 15) is 4.39 Å². The SMILES string of the molecule is CCOC(C(C)C)C(Cc1ccc(F)c(Br)c1)NN. The lowest BCUT2D eigenvalue weighted by atomic mass is 9.94. The van der Waals surface area contributed by atoms with Crippen LogP contribution in [0, 0.1) is 11.7 Å². The normalized spacial score (nSPS) is 14.7. The van der Waals surface area contributed by atoms with Crippen LogP contribution in [0.15, 0.2) is 22.7 Å². The van der Waals surface area contributed by atoms with E-state index in [2.05, 4.69) is 35.2 Å². The first-order valence-electron chi connectivity index (χ1n) is 6.51. The Morgan fingerprint density at radius 3 is 2.58 bits per heavy atom. The van der Waals surface area contributed by atoms with E-state index < -0.39 is 0 Å². The van der Waals surface area contributed by atoms with Gasteiger partial charge in [-0.15, -0.1) is 0 Å². The number of nitrogens with one attached hydrogen (secondary N) is 1. The zero-order valence-corrected chi connectivity index (χ0v) is 13.2. The van der Waals surface area contributed by atoms with Gasteiger partial charge in [-0.25, -0.2) is 4.39 Å². The Labute approximate surface area is 122 Å². The number of hydrazine groups is 1. The minimum atomic E-state index is -0.258. The van der Waals surface area contributed by atoms with E-state index in [4.69, 9.17) is 10.6 Å². The van der Waals surface area contributed by atoms with Crippen molar-refractivity contribution >= 4 is 15.9 Å². The van der Waals surface area contributed by atoms with Gasteiger partial charge in [0.15, 0.2) is 0 Å². The highest BCUT2D eigenvalue weighted by Gasteiger charge is 2.24. The Kier molecular flexibility index (Phi) is 6.93. The largest absolute Gasteiger partial charge is 0.377 e. The minimum absolute atomic E-state index is 0.00249. The van der Waals surface area contributed by atoms with Crippen LogP contribution in [-0.4, -0.2) is 18.8 Å². The van der Waals surface area contributed by atoms with Crippen molar-refractivity contribution < 1.29 is 9.13 Å². The average Bonchev–Trinajstić information content (AvgIpc) is 2.37. The summed E-state index contributed by atoms with van der Waals surface area (Å²) in [6, 6.07) is 5.01. The maximum atomic E-state index is 13.2. The molecule has 3 N–H and O–H groups in total. The number of benzene rings is 1. The molecule has 3 nitrogen and oxygen atoms in total. The Morgan fingerprint density at radius 2 is 2.11 bits per heavy atom. The fraction of sp³-hybridized carbons (Fsp3) is 0.571. The Balaban J connectivity index is 2.82. The monoisotopic (exact) mass is 332 g/mol. The maximum Gasteiger partial charge on any atom is 0.137 e. The molecule has 0 fully saturated rings. The van der Waals surface area contributed by atoms with Gasteiger partial charge >= 0.3 is 0 Å². The second kappa shape index (κ2) is 7.94. The fourth-order valence-corrected chi connectivity index (χ4v) is 2.58. The van der Waals surface area contributed by atoms with Crippen LogP contribution in [0.3, 0.4) is 0 Å². The van der Waals surface area contributed by atoms with Gasteiger partial charge in [-0.05, 0) is 52.9 Å². The Hall–Kier alpha value is -0.490. The van der Waals surface area contributed by atoms with Crippen molar-refractivity contribution in [1.29, 1.82) is 0 Å². The second-order valence-electron chi connectivity index (χ2n) is 4.89. The lowest BCUT2D eigenvalue weighted by Crippen LogP contribution is -2.48. The summed E-state index contributed by atoms with van der Waals surface area (Å²) in [5, 5.41) is 0. The molecule has 1 rings (SSSR count). The summed E-state index contributed by atoms with van der Waals surface area (Å²) in [7, 11) is 0. The highest BCUT2D eigenvalue weighted by Crippen LogP contribution is 2.20. The summed E-state index contributed by atoms with van der Waals surface area (Å²) in [5.74, 6) is 5.74. The molecule has 1 aromatic rings. The highest BCUT2D eigenvalue weighted by molar-refractivity contribution is 9.10. The van der Waals surface area contributed by atoms with E-state index in [1.165, 1.54) is 6.07 Å². The van der Waals surface area contributed by atoms with Crippen molar-refractivity contribution in [2.24, 2.45) is 11.8 Å². The third-order valence-electron chi connectivity index (χ3n) is 3.07. The lowest BCUT2D eigenvalue weighted by molar-refractivity contribution is 0.00355. The molecule has 0 aliphatic carbocycles. The van der Waals surface area contributed by atoms with Crippen LogP contribution in [0.5, 0.6) is 0 Å². The molecule has 1 aromatic carbocycles. The lowest BCUT2D eigenvalue weighted by Gasteiger charge is -2.29. The van der Waals surface area contributed by atoms with E-state index in [0.717, 1.165) is 5.56 Å². The van der Waals surface area contributed by atoms with E-state index in [0.29, 0.717) is 23.4 Å². The standard InChI is InChI=1S/C14H22BrFN2O/c1-4-19-14(9(2)3)13(18-17)8-10-5-6-12(16)11(15)7-10/h5-7,9,13-14,18H,4,8,17H2,1-3H3. The van der Waals surface area contributed by atoms with E-state index in [-0.39, 0.29) is 18.0 Å². The van der Waals surface area contributed by atoms with E-state index in [1.807, 2.05) is 6.92 Å². The van der Waals surface area contributed by atoms with Gasteiger partial charge in [0, 0.05) is 6.61 Å². The summed E-state index contributed by atoms with van der Waals surface area (Å²) >= 11 is 3.20. The smallest absolute Gasteiger partial charge is 0.137 e. The van der Waals surface area contributed by atoms with Crippen LogP contribution in [0.4, 0.5) is 4.39 Å². The molecule has 0 amide bonds. The molecule has 19 heavy (non-hydrogen) atoms. The molecule has 0 saturated carbocycles. The predicted molar refractivity (Wildman–Crippen MR) is 79.2 cm³/mol. The summed E-state index contributed by atoms with van der Waals surface area (Å²) in [6.07, 6.45) is 0.719. The topological polar surface area (TPSA) is 47.3 Å². The van der Waals surface area contributed by atoms with Gasteiger partial charge in [-0.2, -0.15) is 0 Å². The van der Waals surface area contributed by atoms with Crippen molar-refractivity contribution in [2.75, 3.05) is 6.61 Å². The molecule has 0 heterocycles. The molecular weight excluding hydrogens is 311 g/mol. The van der Waals surface area contributed by atoms with Gasteiger partial charge < -0.3 is 4.74 Å². The van der Waals surface area contributed by atoms with Crippen molar-refractivity contribution in [3.63, 3.8) is 0 Å². The molecule has 2 unspecified atom stereocenters. The molecule has 0 radical (unpaired) electrons. The van der Waals surface area contributed by atoms with Crippen LogP contribution in [0.1, 0.15) is 26.3 Å². The molecule has 0 saturated heterocycles. The summed E-state index contributed by atoms with van der Waals surface area (Å²) in [5.41, 5.74) is 3.83. The number of nitrogens with two attached hydrogens (primary N) is 1. The number of halogens is 2. The fourth-order valence-electron chi connectivity index (χ4n) is 2.16. The first-order chi connectivity index (χ1) is 8.99. The van der Waals surface area contributed by atoms with Crippen LogP contribution < -0.4 is 11.3 Å². The van der Waals surface area contributed by atoms with Crippen LogP contribution >= 0.6 is 15.9 Å². The van der Waals surface area contributed by atoms with Crippen LogP contribution in [0.25, 0.3) is 0 Å². The third kappa shape index (κ3) is 4.84. The van der Waals surface area contributed by atoms with Gasteiger partial charge in [0.1, 0.15) is 5.82 Å². The van der Waals surface area contributed by atoms with Gasteiger partial charge in [-0.1, -0.05) is 19.9 Å². The third-order valence-corrected chi connectivity index (χ3v) is 3.67. The van der Waals surface area contributed by atoms with Gasteiger partial charge in [0.25, 0.3) is 0 Å². The van der Waals surface area contributed by atoms with Crippen molar-refractivity contribution in [3.8, 4) is 0 Å². The van der Waals surface area contributed by atoms with Crippen LogP contribution in [-0.2, 0) is 11.2 Å². The van der Waals surface area contributed by atoms with E-state index in [1.54, 1.807) is 12.1 Å². The number of rotatable bonds is 7. The van der Waals surface area contributed by atoms with Crippen molar-refractivity contribution in [3.05, 3.63) is 34.1 Å². The van der Waals surface area contributed by atoms with Gasteiger partial charge in [-0.3, -0.25) is 11.3 Å². The molecule has 0 aliphatic heterocycles. The Bertz CT molecular complexity index is 401. The molecule has 0 aliphatic rings. The molecule has 0 bridgehead atoms. The number of hydrogen-bond donors (Lipinski definition) is 2. The molecule has 0 aromatic heterocycles. The van der Waals surface area contributed by atoms with Crippen molar-refractivity contribution in [1.82, 2.24) is 5.43 Å². The molecule has 108 valence electrons.